The molecule has 0 bridgehead atoms. The monoisotopic (exact) mass is 542 g/mol. The Morgan fingerprint density at radius 3 is 1.56 bits per heavy atom. The summed E-state index contributed by atoms with van der Waals surface area (Å²) in [6.07, 6.45) is 26.8. The van der Waals surface area contributed by atoms with Gasteiger partial charge in [-0.3, -0.25) is 14.4 Å². The van der Waals surface area contributed by atoms with Gasteiger partial charge in [-0.1, -0.05) is 52.3 Å². The lowest BCUT2D eigenvalue weighted by molar-refractivity contribution is -0.143. The van der Waals surface area contributed by atoms with Crippen LogP contribution in [-0.2, 0) is 14.4 Å². The molecule has 0 spiro atoms. The largest absolute Gasteiger partial charge is 0.481 e. The third kappa shape index (κ3) is 24.7. The Hall–Kier alpha value is -3.43. The fourth-order valence-corrected chi connectivity index (χ4v) is 3.69. The van der Waals surface area contributed by atoms with Crippen LogP contribution in [0, 0.1) is 72.5 Å². The fourth-order valence-electron chi connectivity index (χ4n) is 3.69. The molecule has 0 saturated heterocycles. The molecule has 0 aromatic carbocycles. The lowest BCUT2D eigenvalue weighted by atomic mass is 9.91. The average Bonchev–Trinajstić information content (AvgIpc) is 2.86. The maximum absolute atomic E-state index is 10.7. The van der Waals surface area contributed by atoms with Crippen LogP contribution in [0.1, 0.15) is 92.4 Å². The first kappa shape index (κ1) is 40.1. The van der Waals surface area contributed by atoms with Crippen LogP contribution in [0.5, 0.6) is 0 Å². The van der Waals surface area contributed by atoms with Gasteiger partial charge in [0.2, 0.25) is 0 Å². The van der Waals surface area contributed by atoms with Crippen LogP contribution in [0.15, 0.2) is 24.8 Å². The molecule has 0 aromatic heterocycles. The Morgan fingerprint density at radius 2 is 1.21 bits per heavy atom. The molecule has 218 valence electrons. The standard InChI is InChI=1S/C11H18O2.2C11H16O2/c1-4-6-10(11(12)13)8-7-9(3)5-2;2*1-4-6-9(3)8-10(7-5-2)11(12)13/h1,9-10H,5-8H2,2-3H3,(H,12,13);2,4,6,9-10H,7-8H2,1,3H3,(H,12,13);2,4,9-10H,1,6-8H2,3H3,(H,12,13). The van der Waals surface area contributed by atoms with E-state index in [9.17, 15) is 14.4 Å². The van der Waals surface area contributed by atoms with Crippen molar-refractivity contribution in [3.05, 3.63) is 24.8 Å². The molecule has 0 heterocycles. The van der Waals surface area contributed by atoms with Crippen LogP contribution < -0.4 is 0 Å². The zero-order valence-corrected chi connectivity index (χ0v) is 24.6. The Bertz CT molecular complexity index is 851. The van der Waals surface area contributed by atoms with Gasteiger partial charge in [0.1, 0.15) is 0 Å². The van der Waals surface area contributed by atoms with Crippen molar-refractivity contribution in [3.8, 4) is 37.0 Å². The molecule has 0 rings (SSSR count). The van der Waals surface area contributed by atoms with Crippen molar-refractivity contribution >= 4 is 17.9 Å². The highest BCUT2D eigenvalue weighted by Crippen LogP contribution is 2.19. The first-order chi connectivity index (χ1) is 18.3. The molecular weight excluding hydrogens is 492 g/mol. The summed E-state index contributed by atoms with van der Waals surface area (Å²) in [6.45, 7) is 13.8. The third-order valence-corrected chi connectivity index (χ3v) is 6.28. The summed E-state index contributed by atoms with van der Waals surface area (Å²) >= 11 is 0. The van der Waals surface area contributed by atoms with Gasteiger partial charge >= 0.3 is 17.9 Å². The molecule has 0 aromatic rings. The van der Waals surface area contributed by atoms with E-state index in [2.05, 4.69) is 38.2 Å². The molecular formula is C33H50O6. The second kappa shape index (κ2) is 26.2. The highest BCUT2D eigenvalue weighted by atomic mass is 16.4. The molecule has 6 nitrogen and oxygen atoms in total. The summed E-state index contributed by atoms with van der Waals surface area (Å²) in [5.74, 6) is 4.89. The molecule has 0 amide bonds. The number of aliphatic carboxylic acids is 3. The van der Waals surface area contributed by atoms with Gasteiger partial charge in [0.05, 0.1) is 17.8 Å². The van der Waals surface area contributed by atoms with Gasteiger partial charge in [0.25, 0.3) is 0 Å². The van der Waals surface area contributed by atoms with E-state index in [4.69, 9.17) is 34.6 Å². The van der Waals surface area contributed by atoms with Crippen molar-refractivity contribution in [2.45, 2.75) is 92.4 Å². The Kier molecular flexibility index (Phi) is 26.9. The van der Waals surface area contributed by atoms with Crippen molar-refractivity contribution in [2.75, 3.05) is 0 Å². The van der Waals surface area contributed by atoms with E-state index in [0.29, 0.717) is 50.4 Å². The summed E-state index contributed by atoms with van der Waals surface area (Å²) in [5, 5.41) is 26.4. The van der Waals surface area contributed by atoms with Gasteiger partial charge in [-0.2, -0.15) is 0 Å². The number of carbonyl (C=O) groups is 3. The highest BCUT2D eigenvalue weighted by molar-refractivity contribution is 5.71. The lowest BCUT2D eigenvalue weighted by Crippen LogP contribution is -2.16. The van der Waals surface area contributed by atoms with Crippen LogP contribution in [0.3, 0.4) is 0 Å². The van der Waals surface area contributed by atoms with Crippen LogP contribution in [-0.4, -0.2) is 33.2 Å². The lowest BCUT2D eigenvalue weighted by Gasteiger charge is -2.13. The topological polar surface area (TPSA) is 112 Å². The summed E-state index contributed by atoms with van der Waals surface area (Å²) < 4.78 is 0. The summed E-state index contributed by atoms with van der Waals surface area (Å²) in [4.78, 5) is 32.1. The van der Waals surface area contributed by atoms with E-state index < -0.39 is 29.7 Å². The molecule has 39 heavy (non-hydrogen) atoms. The number of terminal acetylenes is 3. The minimum atomic E-state index is -0.797. The predicted octanol–water partition coefficient (Wildman–Crippen LogP) is 7.16. The van der Waals surface area contributed by atoms with Crippen LogP contribution in [0.25, 0.3) is 0 Å². The average molecular weight is 543 g/mol. The quantitative estimate of drug-likeness (QED) is 0.133. The highest BCUT2D eigenvalue weighted by Gasteiger charge is 2.19. The van der Waals surface area contributed by atoms with E-state index >= 15 is 0 Å². The second-order valence-corrected chi connectivity index (χ2v) is 10.0. The smallest absolute Gasteiger partial charge is 0.307 e. The minimum absolute atomic E-state index is 0.277. The molecule has 6 atom stereocenters. The van der Waals surface area contributed by atoms with E-state index in [-0.39, 0.29) is 11.8 Å². The second-order valence-electron chi connectivity index (χ2n) is 10.0. The van der Waals surface area contributed by atoms with E-state index in [1.807, 2.05) is 32.9 Å². The zero-order chi connectivity index (χ0) is 30.8. The zero-order valence-electron chi connectivity index (χ0n) is 24.6. The van der Waals surface area contributed by atoms with Gasteiger partial charge < -0.3 is 15.3 Å². The molecule has 0 radical (unpaired) electrons. The molecule has 0 saturated carbocycles. The maximum Gasteiger partial charge on any atom is 0.307 e. The van der Waals surface area contributed by atoms with Crippen LogP contribution >= 0.6 is 0 Å². The van der Waals surface area contributed by atoms with Gasteiger partial charge in [0.15, 0.2) is 0 Å². The maximum atomic E-state index is 10.7. The Labute approximate surface area is 237 Å². The van der Waals surface area contributed by atoms with Crippen LogP contribution in [0.2, 0.25) is 0 Å². The SMILES string of the molecule is C#CCC(CC(C)C=CC)C(=O)O.C#CCC(CC(C)CC=C)C(=O)O.C#CCC(CCC(C)CC)C(=O)O. The summed E-state index contributed by atoms with van der Waals surface area (Å²) in [5.41, 5.74) is 0. The molecule has 0 aliphatic heterocycles. The van der Waals surface area contributed by atoms with Crippen molar-refractivity contribution < 1.29 is 29.7 Å². The minimum Gasteiger partial charge on any atom is -0.481 e. The normalized spacial score (nSPS) is 14.6. The van der Waals surface area contributed by atoms with E-state index in [0.717, 1.165) is 19.3 Å². The van der Waals surface area contributed by atoms with Gasteiger partial charge in [-0.25, -0.2) is 0 Å². The number of rotatable bonds is 17. The number of allylic oxidation sites excluding steroid dienone is 3. The first-order valence-electron chi connectivity index (χ1n) is 13.6. The van der Waals surface area contributed by atoms with E-state index in [1.54, 1.807) is 6.08 Å². The van der Waals surface area contributed by atoms with Crippen molar-refractivity contribution in [1.82, 2.24) is 0 Å². The Balaban J connectivity index is -0.000000498. The third-order valence-electron chi connectivity index (χ3n) is 6.28. The van der Waals surface area contributed by atoms with Crippen LogP contribution in [0.4, 0.5) is 0 Å². The number of carboxylic acids is 3. The molecule has 0 aliphatic carbocycles. The number of carboxylic acid groups (broad SMARTS) is 3. The molecule has 6 unspecified atom stereocenters. The fraction of sp³-hybridized carbons (Fsp3) is 0.606. The molecule has 0 aliphatic rings. The summed E-state index contributed by atoms with van der Waals surface area (Å²) in [6, 6.07) is 0. The van der Waals surface area contributed by atoms with Gasteiger partial charge in [-0.05, 0) is 56.8 Å². The summed E-state index contributed by atoms with van der Waals surface area (Å²) in [7, 11) is 0. The molecule has 3 N–H and O–H groups in total. The van der Waals surface area contributed by atoms with Crippen molar-refractivity contribution in [3.63, 3.8) is 0 Å². The van der Waals surface area contributed by atoms with Crippen molar-refractivity contribution in [2.24, 2.45) is 35.5 Å². The first-order valence-corrected chi connectivity index (χ1v) is 13.6. The van der Waals surface area contributed by atoms with Crippen molar-refractivity contribution in [1.29, 1.82) is 0 Å². The number of hydrogen-bond donors (Lipinski definition) is 3. The van der Waals surface area contributed by atoms with Gasteiger partial charge in [-0.15, -0.1) is 43.6 Å². The molecule has 0 fully saturated rings. The Morgan fingerprint density at radius 1 is 0.769 bits per heavy atom. The van der Waals surface area contributed by atoms with E-state index in [1.165, 1.54) is 0 Å². The number of hydrogen-bond acceptors (Lipinski definition) is 3. The predicted molar refractivity (Wildman–Crippen MR) is 160 cm³/mol. The van der Waals surface area contributed by atoms with Gasteiger partial charge in [0, 0.05) is 19.3 Å². The molecule has 6 heteroatoms.